The summed E-state index contributed by atoms with van der Waals surface area (Å²) in [5.74, 6) is -0.169. The van der Waals surface area contributed by atoms with E-state index in [2.05, 4.69) is 10.2 Å². The second-order valence-electron chi connectivity index (χ2n) is 8.14. The van der Waals surface area contributed by atoms with E-state index in [9.17, 15) is 9.59 Å². The lowest BCUT2D eigenvalue weighted by Crippen LogP contribution is -2.48. The molecule has 33 heavy (non-hydrogen) atoms. The molecular weight excluding hydrogens is 412 g/mol. The summed E-state index contributed by atoms with van der Waals surface area (Å²) in [5.41, 5.74) is 10.9. The number of aryl methyl sites for hydroxylation is 1. The monoisotopic (exact) mass is 440 g/mol. The van der Waals surface area contributed by atoms with Crippen LogP contribution >= 0.6 is 0 Å². The van der Waals surface area contributed by atoms with Crippen molar-refractivity contribution in [3.05, 3.63) is 95.6 Å². The molecule has 0 aromatic heterocycles. The van der Waals surface area contributed by atoms with E-state index in [0.717, 1.165) is 24.3 Å². The number of carbonyl (C=O) groups is 2. The molecule has 0 aliphatic carbocycles. The number of nitrogens with two attached hydrogens (primary N) is 1. The second kappa shape index (κ2) is 10.0. The molecule has 6 heteroatoms. The van der Waals surface area contributed by atoms with Crippen LogP contribution in [-0.4, -0.2) is 42.9 Å². The highest BCUT2D eigenvalue weighted by Gasteiger charge is 2.20. The summed E-state index contributed by atoms with van der Waals surface area (Å²) in [5, 5.41) is 2.84. The van der Waals surface area contributed by atoms with Gasteiger partial charge in [0.25, 0.3) is 5.91 Å². The lowest BCUT2D eigenvalue weighted by atomic mass is 10.1. The molecule has 1 saturated heterocycles. The summed E-state index contributed by atoms with van der Waals surface area (Å²) in [6, 6.07) is 22.8. The number of amides is 2. The maximum atomic E-state index is 12.5. The van der Waals surface area contributed by atoms with Crippen LogP contribution in [0.5, 0.6) is 0 Å². The lowest BCUT2D eigenvalue weighted by Gasteiger charge is -2.35. The zero-order valence-corrected chi connectivity index (χ0v) is 18.7. The van der Waals surface area contributed by atoms with Crippen molar-refractivity contribution in [2.45, 2.75) is 6.92 Å². The topological polar surface area (TPSA) is 78.7 Å². The summed E-state index contributed by atoms with van der Waals surface area (Å²) >= 11 is 0. The van der Waals surface area contributed by atoms with Gasteiger partial charge in [-0.1, -0.05) is 42.0 Å². The van der Waals surface area contributed by atoms with Crippen molar-refractivity contribution >= 4 is 35.0 Å². The molecule has 0 unspecified atom stereocenters. The molecule has 3 aromatic carbocycles. The van der Waals surface area contributed by atoms with Crippen molar-refractivity contribution in [1.82, 2.24) is 4.90 Å². The average molecular weight is 441 g/mol. The van der Waals surface area contributed by atoms with E-state index in [1.165, 1.54) is 5.56 Å². The maximum absolute atomic E-state index is 12.5. The Kier molecular flexibility index (Phi) is 6.74. The number of nitrogens with one attached hydrogen (secondary N) is 1. The van der Waals surface area contributed by atoms with E-state index in [1.54, 1.807) is 18.2 Å². The van der Waals surface area contributed by atoms with Gasteiger partial charge in [0.05, 0.1) is 11.4 Å². The van der Waals surface area contributed by atoms with Gasteiger partial charge in [-0.2, -0.15) is 0 Å². The smallest absolute Gasteiger partial charge is 0.255 e. The minimum absolute atomic E-state index is 0.0300. The number of carbonyl (C=O) groups excluding carboxylic acids is 2. The highest BCUT2D eigenvalue weighted by Crippen LogP contribution is 2.21. The van der Waals surface area contributed by atoms with Gasteiger partial charge in [0, 0.05) is 43.5 Å². The Hall–Kier alpha value is -4.06. The van der Waals surface area contributed by atoms with Crippen LogP contribution in [0.1, 0.15) is 21.5 Å². The fraction of sp³-hybridized carbons (Fsp3) is 0.185. The number of piperazine rings is 1. The lowest BCUT2D eigenvalue weighted by molar-refractivity contribution is -0.126. The fourth-order valence-electron chi connectivity index (χ4n) is 3.76. The van der Waals surface area contributed by atoms with Gasteiger partial charge in [0.1, 0.15) is 0 Å². The Balaban J connectivity index is 1.30. The first-order chi connectivity index (χ1) is 16.0. The SMILES string of the molecule is Cc1ccc(/C=C/C(=O)N2CCN(c3ccc(C(=O)Nc4ccccc4N)cc3)CC2)cc1. The van der Waals surface area contributed by atoms with E-state index in [-0.39, 0.29) is 11.8 Å². The first kappa shape index (κ1) is 22.1. The van der Waals surface area contributed by atoms with Crippen LogP contribution in [0.3, 0.4) is 0 Å². The molecule has 0 bridgehead atoms. The van der Waals surface area contributed by atoms with Crippen LogP contribution < -0.4 is 16.0 Å². The van der Waals surface area contributed by atoms with Crippen LogP contribution in [0.25, 0.3) is 6.08 Å². The Morgan fingerprint density at radius 2 is 1.55 bits per heavy atom. The molecule has 0 saturated carbocycles. The molecule has 0 atom stereocenters. The average Bonchev–Trinajstić information content (AvgIpc) is 2.85. The van der Waals surface area contributed by atoms with E-state index >= 15 is 0 Å². The number of hydrogen-bond acceptors (Lipinski definition) is 4. The van der Waals surface area contributed by atoms with E-state index < -0.39 is 0 Å². The zero-order valence-electron chi connectivity index (χ0n) is 18.7. The van der Waals surface area contributed by atoms with Crippen molar-refractivity contribution < 1.29 is 9.59 Å². The minimum Gasteiger partial charge on any atom is -0.397 e. The number of anilines is 3. The van der Waals surface area contributed by atoms with Crippen LogP contribution in [0.15, 0.2) is 78.9 Å². The number of para-hydroxylation sites is 2. The van der Waals surface area contributed by atoms with E-state index in [0.29, 0.717) is 30.0 Å². The quantitative estimate of drug-likeness (QED) is 0.461. The zero-order chi connectivity index (χ0) is 23.2. The maximum Gasteiger partial charge on any atom is 0.255 e. The normalized spacial score (nSPS) is 13.8. The molecule has 1 aliphatic rings. The number of rotatable bonds is 5. The molecule has 0 radical (unpaired) electrons. The number of hydrogen-bond donors (Lipinski definition) is 2. The van der Waals surface area contributed by atoms with Gasteiger partial charge in [-0.15, -0.1) is 0 Å². The summed E-state index contributed by atoms with van der Waals surface area (Å²) in [4.78, 5) is 29.2. The van der Waals surface area contributed by atoms with Gasteiger partial charge >= 0.3 is 0 Å². The van der Waals surface area contributed by atoms with Crippen LogP contribution in [-0.2, 0) is 4.79 Å². The van der Waals surface area contributed by atoms with E-state index in [1.807, 2.05) is 78.6 Å². The Morgan fingerprint density at radius 3 is 2.21 bits per heavy atom. The van der Waals surface area contributed by atoms with Gasteiger partial charge < -0.3 is 20.9 Å². The molecular formula is C27H28N4O2. The molecule has 3 aromatic rings. The van der Waals surface area contributed by atoms with Crippen LogP contribution in [0, 0.1) is 6.92 Å². The van der Waals surface area contributed by atoms with Gasteiger partial charge in [-0.25, -0.2) is 0 Å². The predicted octanol–water partition coefficient (Wildman–Crippen LogP) is 4.19. The van der Waals surface area contributed by atoms with Crippen molar-refractivity contribution in [3.63, 3.8) is 0 Å². The minimum atomic E-state index is -0.199. The third kappa shape index (κ3) is 5.60. The number of benzene rings is 3. The molecule has 2 amide bonds. The first-order valence-electron chi connectivity index (χ1n) is 11.0. The van der Waals surface area contributed by atoms with Gasteiger partial charge in [-0.3, -0.25) is 9.59 Å². The molecule has 1 aliphatic heterocycles. The van der Waals surface area contributed by atoms with Crippen molar-refractivity contribution in [2.75, 3.05) is 42.1 Å². The number of nitrogens with zero attached hydrogens (tertiary/aromatic N) is 2. The Bertz CT molecular complexity index is 1150. The van der Waals surface area contributed by atoms with Crippen LogP contribution in [0.2, 0.25) is 0 Å². The molecule has 1 fully saturated rings. The van der Waals surface area contributed by atoms with Crippen molar-refractivity contribution in [3.8, 4) is 0 Å². The van der Waals surface area contributed by atoms with Gasteiger partial charge in [0.2, 0.25) is 5.91 Å². The highest BCUT2D eigenvalue weighted by molar-refractivity contribution is 6.05. The van der Waals surface area contributed by atoms with Crippen molar-refractivity contribution in [2.24, 2.45) is 0 Å². The third-order valence-electron chi connectivity index (χ3n) is 5.79. The highest BCUT2D eigenvalue weighted by atomic mass is 16.2. The molecule has 0 spiro atoms. The summed E-state index contributed by atoms with van der Waals surface area (Å²) in [6.45, 7) is 4.85. The van der Waals surface area contributed by atoms with E-state index in [4.69, 9.17) is 5.73 Å². The molecule has 4 rings (SSSR count). The Labute approximate surface area is 194 Å². The van der Waals surface area contributed by atoms with Gasteiger partial charge in [-0.05, 0) is 55.0 Å². The third-order valence-corrected chi connectivity index (χ3v) is 5.79. The van der Waals surface area contributed by atoms with Gasteiger partial charge in [0.15, 0.2) is 0 Å². The molecule has 6 nitrogen and oxygen atoms in total. The Morgan fingerprint density at radius 1 is 0.879 bits per heavy atom. The number of nitrogen functional groups attached to an aromatic ring is 1. The second-order valence-corrected chi connectivity index (χ2v) is 8.14. The summed E-state index contributed by atoms with van der Waals surface area (Å²) in [6.07, 6.45) is 3.51. The first-order valence-corrected chi connectivity index (χ1v) is 11.0. The van der Waals surface area contributed by atoms with Crippen LogP contribution in [0.4, 0.5) is 17.1 Å². The molecule has 3 N–H and O–H groups in total. The predicted molar refractivity (Wildman–Crippen MR) is 134 cm³/mol. The molecule has 1 heterocycles. The van der Waals surface area contributed by atoms with Crippen molar-refractivity contribution in [1.29, 1.82) is 0 Å². The summed E-state index contributed by atoms with van der Waals surface area (Å²) < 4.78 is 0. The summed E-state index contributed by atoms with van der Waals surface area (Å²) in [7, 11) is 0. The fourth-order valence-corrected chi connectivity index (χ4v) is 3.76. The largest absolute Gasteiger partial charge is 0.397 e. The standard InChI is InChI=1S/C27H28N4O2/c1-20-6-8-21(9-7-20)10-15-26(32)31-18-16-30(17-19-31)23-13-11-22(12-14-23)27(33)29-25-5-3-2-4-24(25)28/h2-15H,16-19,28H2,1H3,(H,29,33)/b15-10+. The molecule has 168 valence electrons.